The first kappa shape index (κ1) is 13.3. The number of halogens is 1. The van der Waals surface area contributed by atoms with Gasteiger partial charge in [-0.25, -0.2) is 0 Å². The zero-order valence-corrected chi connectivity index (χ0v) is 12.7. The molecule has 1 aromatic rings. The highest BCUT2D eigenvalue weighted by Crippen LogP contribution is 2.34. The van der Waals surface area contributed by atoms with Gasteiger partial charge in [0.1, 0.15) is 0 Å². The molecule has 0 spiro atoms. The summed E-state index contributed by atoms with van der Waals surface area (Å²) in [6.07, 6.45) is 3.89. The molecule has 3 rings (SSSR count). The summed E-state index contributed by atoms with van der Waals surface area (Å²) < 4.78 is 0. The third-order valence-electron chi connectivity index (χ3n) is 4.68. The number of aryl methyl sites for hydroxylation is 1. The molecule has 2 nitrogen and oxygen atoms in total. The van der Waals surface area contributed by atoms with Gasteiger partial charge in [0.05, 0.1) is 10.7 Å². The lowest BCUT2D eigenvalue weighted by atomic mass is 10.0. The first-order chi connectivity index (χ1) is 9.19. The molecule has 0 radical (unpaired) electrons. The Morgan fingerprint density at radius 3 is 2.89 bits per heavy atom. The molecule has 104 valence electrons. The first-order valence-electron chi connectivity index (χ1n) is 7.46. The zero-order valence-electron chi connectivity index (χ0n) is 11.9. The van der Waals surface area contributed by atoms with E-state index < -0.39 is 0 Å². The number of fused-ring (bicyclic) bond motifs is 1. The molecule has 1 aromatic carbocycles. The minimum Gasteiger partial charge on any atom is -0.364 e. The van der Waals surface area contributed by atoms with E-state index >= 15 is 0 Å². The van der Waals surface area contributed by atoms with Gasteiger partial charge in [-0.2, -0.15) is 0 Å². The van der Waals surface area contributed by atoms with Crippen molar-refractivity contribution in [1.29, 1.82) is 0 Å². The summed E-state index contributed by atoms with van der Waals surface area (Å²) in [4.78, 5) is 5.22. The standard InChI is InChI=1S/C16H23ClN2/c1-3-13-10-18-8-4-5-14(18)11-19(13)16-7-6-12(2)9-15(16)17/h6-7,9,13-14H,3-5,8,10-11H2,1-2H3. The van der Waals surface area contributed by atoms with Gasteiger partial charge in [-0.3, -0.25) is 4.90 Å². The maximum atomic E-state index is 6.47. The van der Waals surface area contributed by atoms with Crippen LogP contribution in [0.3, 0.4) is 0 Å². The molecule has 2 atom stereocenters. The van der Waals surface area contributed by atoms with Crippen LogP contribution in [0.2, 0.25) is 5.02 Å². The van der Waals surface area contributed by atoms with Crippen molar-refractivity contribution < 1.29 is 0 Å². The van der Waals surface area contributed by atoms with Crippen molar-refractivity contribution in [2.24, 2.45) is 0 Å². The predicted molar refractivity (Wildman–Crippen MR) is 82.2 cm³/mol. The number of benzene rings is 1. The molecule has 0 aromatic heterocycles. The maximum Gasteiger partial charge on any atom is 0.0642 e. The molecule has 2 heterocycles. The van der Waals surface area contributed by atoms with E-state index in [4.69, 9.17) is 11.6 Å². The lowest BCUT2D eigenvalue weighted by Gasteiger charge is -2.45. The highest BCUT2D eigenvalue weighted by Gasteiger charge is 2.36. The van der Waals surface area contributed by atoms with Crippen LogP contribution in [0.5, 0.6) is 0 Å². The first-order valence-corrected chi connectivity index (χ1v) is 7.83. The number of hydrogen-bond acceptors (Lipinski definition) is 2. The van der Waals surface area contributed by atoms with Gasteiger partial charge in [0, 0.05) is 25.2 Å². The van der Waals surface area contributed by atoms with Crippen molar-refractivity contribution in [3.05, 3.63) is 28.8 Å². The van der Waals surface area contributed by atoms with Gasteiger partial charge in [0.25, 0.3) is 0 Å². The maximum absolute atomic E-state index is 6.47. The molecule has 0 aliphatic carbocycles. The molecular weight excluding hydrogens is 256 g/mol. The largest absolute Gasteiger partial charge is 0.364 e. The lowest BCUT2D eigenvalue weighted by Crippen LogP contribution is -2.56. The minimum atomic E-state index is 0.606. The normalized spacial score (nSPS) is 27.6. The van der Waals surface area contributed by atoms with Crippen molar-refractivity contribution in [3.8, 4) is 0 Å². The quantitative estimate of drug-likeness (QED) is 0.814. The number of hydrogen-bond donors (Lipinski definition) is 0. The van der Waals surface area contributed by atoms with Gasteiger partial charge in [0.15, 0.2) is 0 Å². The molecule has 19 heavy (non-hydrogen) atoms. The van der Waals surface area contributed by atoms with E-state index in [1.54, 1.807) is 0 Å². The predicted octanol–water partition coefficient (Wildman–Crippen LogP) is 3.71. The van der Waals surface area contributed by atoms with Crippen LogP contribution >= 0.6 is 11.6 Å². The average Bonchev–Trinajstić information content (AvgIpc) is 2.84. The van der Waals surface area contributed by atoms with Crippen LogP contribution in [0.25, 0.3) is 0 Å². The van der Waals surface area contributed by atoms with Gasteiger partial charge in [-0.05, 0) is 50.4 Å². The molecule has 0 amide bonds. The second-order valence-electron chi connectivity index (χ2n) is 5.96. The molecule has 2 fully saturated rings. The van der Waals surface area contributed by atoms with Crippen LogP contribution in [0.1, 0.15) is 31.7 Å². The number of nitrogens with zero attached hydrogens (tertiary/aromatic N) is 2. The molecule has 2 aliphatic heterocycles. The van der Waals surface area contributed by atoms with E-state index in [1.165, 1.54) is 43.6 Å². The van der Waals surface area contributed by atoms with E-state index in [2.05, 4.69) is 41.8 Å². The Labute approximate surface area is 121 Å². The molecule has 2 unspecified atom stereocenters. The van der Waals surface area contributed by atoms with Crippen molar-refractivity contribution in [2.75, 3.05) is 24.5 Å². The lowest BCUT2D eigenvalue weighted by molar-refractivity contribution is 0.195. The fourth-order valence-electron chi connectivity index (χ4n) is 3.58. The van der Waals surface area contributed by atoms with Gasteiger partial charge in [-0.1, -0.05) is 24.6 Å². The molecular formula is C16H23ClN2. The number of piperazine rings is 1. The fourth-order valence-corrected chi connectivity index (χ4v) is 3.92. The van der Waals surface area contributed by atoms with E-state index in [-0.39, 0.29) is 0 Å². The van der Waals surface area contributed by atoms with Crippen LogP contribution in [-0.4, -0.2) is 36.6 Å². The van der Waals surface area contributed by atoms with Crippen molar-refractivity contribution in [2.45, 2.75) is 45.2 Å². The molecule has 2 aliphatic rings. The highest BCUT2D eigenvalue weighted by atomic mass is 35.5. The van der Waals surface area contributed by atoms with Crippen LogP contribution in [0, 0.1) is 6.92 Å². The topological polar surface area (TPSA) is 6.48 Å². The van der Waals surface area contributed by atoms with Crippen LogP contribution in [0.15, 0.2) is 18.2 Å². The summed E-state index contributed by atoms with van der Waals surface area (Å²) in [5.74, 6) is 0. The van der Waals surface area contributed by atoms with Gasteiger partial charge < -0.3 is 4.90 Å². The molecule has 3 heteroatoms. The summed E-state index contributed by atoms with van der Waals surface area (Å²) >= 11 is 6.47. The second kappa shape index (κ2) is 5.34. The Morgan fingerprint density at radius 2 is 2.16 bits per heavy atom. The van der Waals surface area contributed by atoms with Gasteiger partial charge in [0.2, 0.25) is 0 Å². The molecule has 2 saturated heterocycles. The molecule has 0 N–H and O–H groups in total. The minimum absolute atomic E-state index is 0.606. The van der Waals surface area contributed by atoms with Crippen LogP contribution in [-0.2, 0) is 0 Å². The van der Waals surface area contributed by atoms with Crippen LogP contribution in [0.4, 0.5) is 5.69 Å². The summed E-state index contributed by atoms with van der Waals surface area (Å²) in [6.45, 7) is 8.02. The zero-order chi connectivity index (χ0) is 13.4. The SMILES string of the molecule is CCC1CN2CCCC2CN1c1ccc(C)cc1Cl. The van der Waals surface area contributed by atoms with Crippen LogP contribution < -0.4 is 4.90 Å². The number of rotatable bonds is 2. The van der Waals surface area contributed by atoms with E-state index in [9.17, 15) is 0 Å². The third kappa shape index (κ3) is 2.48. The summed E-state index contributed by atoms with van der Waals surface area (Å²) in [5.41, 5.74) is 2.46. The summed E-state index contributed by atoms with van der Waals surface area (Å²) in [6, 6.07) is 7.81. The molecule has 0 bridgehead atoms. The van der Waals surface area contributed by atoms with E-state index in [0.717, 1.165) is 17.6 Å². The van der Waals surface area contributed by atoms with Gasteiger partial charge >= 0.3 is 0 Å². The average molecular weight is 279 g/mol. The highest BCUT2D eigenvalue weighted by molar-refractivity contribution is 6.33. The van der Waals surface area contributed by atoms with Crippen molar-refractivity contribution in [1.82, 2.24) is 4.90 Å². The Hall–Kier alpha value is -0.730. The second-order valence-corrected chi connectivity index (χ2v) is 6.37. The monoisotopic (exact) mass is 278 g/mol. The molecule has 0 saturated carbocycles. The summed E-state index contributed by atoms with van der Waals surface area (Å²) in [5, 5.41) is 0.907. The van der Waals surface area contributed by atoms with E-state index in [1.807, 2.05) is 0 Å². The Kier molecular flexibility index (Phi) is 3.72. The Balaban J connectivity index is 1.88. The van der Waals surface area contributed by atoms with Crippen molar-refractivity contribution in [3.63, 3.8) is 0 Å². The van der Waals surface area contributed by atoms with Crippen molar-refractivity contribution >= 4 is 17.3 Å². The Morgan fingerprint density at radius 1 is 1.32 bits per heavy atom. The van der Waals surface area contributed by atoms with E-state index in [0.29, 0.717) is 6.04 Å². The van der Waals surface area contributed by atoms with Gasteiger partial charge in [-0.15, -0.1) is 0 Å². The Bertz CT molecular complexity index is 460. The third-order valence-corrected chi connectivity index (χ3v) is 4.98. The smallest absolute Gasteiger partial charge is 0.0642 e. The fraction of sp³-hybridized carbons (Fsp3) is 0.625. The summed E-state index contributed by atoms with van der Waals surface area (Å²) in [7, 11) is 0. The number of anilines is 1.